The second kappa shape index (κ2) is 7.84. The van der Waals surface area contributed by atoms with E-state index in [2.05, 4.69) is 9.88 Å². The molecule has 1 fully saturated rings. The van der Waals surface area contributed by atoms with Crippen molar-refractivity contribution in [1.82, 2.24) is 4.98 Å². The van der Waals surface area contributed by atoms with Crippen molar-refractivity contribution in [2.45, 2.75) is 18.9 Å². The van der Waals surface area contributed by atoms with E-state index in [-0.39, 0.29) is 11.9 Å². The molecule has 0 saturated carbocycles. The van der Waals surface area contributed by atoms with Crippen LogP contribution in [-0.2, 0) is 5.11 Å². The molecule has 1 aromatic heterocycles. The van der Waals surface area contributed by atoms with Gasteiger partial charge in [0, 0.05) is 55.3 Å². The highest BCUT2D eigenvalue weighted by molar-refractivity contribution is 5.87. The monoisotopic (exact) mass is 379 g/mol. The van der Waals surface area contributed by atoms with E-state index in [4.69, 9.17) is 14.2 Å². The molecule has 0 aliphatic carbocycles. The van der Waals surface area contributed by atoms with Gasteiger partial charge in [0.05, 0.1) is 19.7 Å². The molecular formula is C22H23N2O4. The summed E-state index contributed by atoms with van der Waals surface area (Å²) in [5.41, 5.74) is 1.80. The number of fused-ring (bicyclic) bond motifs is 1. The van der Waals surface area contributed by atoms with Crippen molar-refractivity contribution < 1.29 is 19.3 Å². The van der Waals surface area contributed by atoms with Crippen LogP contribution in [0.2, 0.25) is 0 Å². The smallest absolute Gasteiger partial charge is 0.189 e. The summed E-state index contributed by atoms with van der Waals surface area (Å²) in [4.78, 5) is 6.55. The molecule has 0 spiro atoms. The predicted molar refractivity (Wildman–Crippen MR) is 107 cm³/mol. The van der Waals surface area contributed by atoms with Crippen LogP contribution in [0.15, 0.2) is 48.7 Å². The van der Waals surface area contributed by atoms with E-state index < -0.39 is 0 Å². The number of hydrogen-bond acceptors (Lipinski definition) is 5. The Bertz CT molecular complexity index is 968. The SMILES string of the molecule is COc1ccc(OC2CCN(c3ccc4nccc([O])c4c3)CC2)cc1OC. The minimum atomic E-state index is 0.0125. The Labute approximate surface area is 164 Å². The van der Waals surface area contributed by atoms with E-state index >= 15 is 0 Å². The van der Waals surface area contributed by atoms with Crippen LogP contribution in [0.3, 0.4) is 0 Å². The van der Waals surface area contributed by atoms with Gasteiger partial charge >= 0.3 is 0 Å². The molecule has 2 aromatic carbocycles. The van der Waals surface area contributed by atoms with Crippen LogP contribution in [-0.4, -0.2) is 38.4 Å². The molecule has 0 N–H and O–H groups in total. The van der Waals surface area contributed by atoms with Crippen LogP contribution in [0.5, 0.6) is 23.0 Å². The maximum Gasteiger partial charge on any atom is 0.189 e. The zero-order valence-electron chi connectivity index (χ0n) is 16.1. The summed E-state index contributed by atoms with van der Waals surface area (Å²) in [6, 6.07) is 13.0. The van der Waals surface area contributed by atoms with Crippen LogP contribution in [0.1, 0.15) is 12.8 Å². The van der Waals surface area contributed by atoms with E-state index in [1.165, 1.54) is 6.07 Å². The molecule has 1 saturated heterocycles. The number of pyridine rings is 1. The molecule has 2 heterocycles. The lowest BCUT2D eigenvalue weighted by atomic mass is 10.1. The van der Waals surface area contributed by atoms with Gasteiger partial charge in [-0.2, -0.15) is 0 Å². The van der Waals surface area contributed by atoms with Gasteiger partial charge in [0.1, 0.15) is 11.9 Å². The summed E-state index contributed by atoms with van der Waals surface area (Å²) < 4.78 is 16.8. The molecule has 145 valence electrons. The number of ether oxygens (including phenoxy) is 3. The Balaban J connectivity index is 1.41. The van der Waals surface area contributed by atoms with E-state index in [1.807, 2.05) is 36.4 Å². The standard InChI is InChI=1S/C22H23N2O4/c1-26-21-6-4-17(14-22(21)27-2)28-16-8-11-24(12-9-16)15-3-5-19-18(13-15)20(25)7-10-23-19/h3-7,10,13-14,16H,8-9,11-12H2,1-2H3. The maximum atomic E-state index is 12.1. The van der Waals surface area contributed by atoms with Gasteiger partial charge < -0.3 is 19.1 Å². The first kappa shape index (κ1) is 18.2. The molecule has 6 heteroatoms. The van der Waals surface area contributed by atoms with Gasteiger partial charge in [-0.25, -0.2) is 0 Å². The first-order chi connectivity index (χ1) is 13.7. The van der Waals surface area contributed by atoms with Crippen LogP contribution >= 0.6 is 0 Å². The second-order valence-electron chi connectivity index (χ2n) is 6.83. The minimum absolute atomic E-state index is 0.0125. The highest BCUT2D eigenvalue weighted by Crippen LogP contribution is 2.33. The number of aromatic nitrogens is 1. The third-order valence-electron chi connectivity index (χ3n) is 5.15. The summed E-state index contributed by atoms with van der Waals surface area (Å²) in [6.45, 7) is 1.75. The van der Waals surface area contributed by atoms with Crippen molar-refractivity contribution in [3.63, 3.8) is 0 Å². The molecular weight excluding hydrogens is 356 g/mol. The van der Waals surface area contributed by atoms with Crippen molar-refractivity contribution >= 4 is 16.6 Å². The summed E-state index contributed by atoms with van der Waals surface area (Å²) in [5.74, 6) is 2.14. The normalized spacial score (nSPS) is 14.9. The quantitative estimate of drug-likeness (QED) is 0.656. The Morgan fingerprint density at radius 3 is 2.50 bits per heavy atom. The van der Waals surface area contributed by atoms with Crippen LogP contribution in [0.4, 0.5) is 5.69 Å². The van der Waals surface area contributed by atoms with E-state index in [0.29, 0.717) is 16.9 Å². The minimum Gasteiger partial charge on any atom is -0.493 e. The van der Waals surface area contributed by atoms with Gasteiger partial charge in [-0.1, -0.05) is 0 Å². The zero-order valence-corrected chi connectivity index (χ0v) is 16.1. The lowest BCUT2D eigenvalue weighted by Gasteiger charge is -2.34. The lowest BCUT2D eigenvalue weighted by molar-refractivity contribution is 0.170. The number of piperidine rings is 1. The Morgan fingerprint density at radius 2 is 1.75 bits per heavy atom. The fraction of sp³-hybridized carbons (Fsp3) is 0.318. The van der Waals surface area contributed by atoms with E-state index in [9.17, 15) is 5.11 Å². The van der Waals surface area contributed by atoms with Gasteiger partial charge in [0.25, 0.3) is 0 Å². The molecule has 1 radical (unpaired) electrons. The van der Waals surface area contributed by atoms with Gasteiger partial charge in [0.2, 0.25) is 0 Å². The zero-order chi connectivity index (χ0) is 19.5. The highest BCUT2D eigenvalue weighted by atomic mass is 16.5. The van der Waals surface area contributed by atoms with Crippen molar-refractivity contribution in [3.8, 4) is 23.0 Å². The molecule has 1 aliphatic heterocycles. The van der Waals surface area contributed by atoms with E-state index in [1.54, 1.807) is 20.4 Å². The van der Waals surface area contributed by atoms with Crippen molar-refractivity contribution in [3.05, 3.63) is 48.7 Å². The summed E-state index contributed by atoms with van der Waals surface area (Å²) in [6.07, 6.45) is 3.51. The van der Waals surface area contributed by atoms with Crippen LogP contribution < -0.4 is 19.1 Å². The number of methoxy groups -OCH3 is 2. The predicted octanol–water partition coefficient (Wildman–Crippen LogP) is 4.44. The van der Waals surface area contributed by atoms with Gasteiger partial charge in [-0.05, 0) is 30.3 Å². The van der Waals surface area contributed by atoms with Crippen molar-refractivity contribution in [2.24, 2.45) is 0 Å². The molecule has 0 unspecified atom stereocenters. The topological polar surface area (TPSA) is 63.7 Å². The summed E-state index contributed by atoms with van der Waals surface area (Å²) in [5, 5.41) is 12.7. The van der Waals surface area contributed by atoms with Crippen molar-refractivity contribution in [1.29, 1.82) is 0 Å². The van der Waals surface area contributed by atoms with Crippen molar-refractivity contribution in [2.75, 3.05) is 32.2 Å². The Morgan fingerprint density at radius 1 is 0.964 bits per heavy atom. The molecule has 28 heavy (non-hydrogen) atoms. The molecule has 6 nitrogen and oxygen atoms in total. The molecule has 1 aliphatic rings. The second-order valence-corrected chi connectivity index (χ2v) is 6.83. The molecule has 0 atom stereocenters. The number of hydrogen-bond donors (Lipinski definition) is 0. The molecule has 0 amide bonds. The highest BCUT2D eigenvalue weighted by Gasteiger charge is 2.22. The van der Waals surface area contributed by atoms with Gasteiger partial charge in [-0.15, -0.1) is 0 Å². The van der Waals surface area contributed by atoms with Gasteiger partial charge in [0.15, 0.2) is 17.2 Å². The molecule has 4 rings (SSSR count). The average Bonchev–Trinajstić information content (AvgIpc) is 2.74. The average molecular weight is 379 g/mol. The number of nitrogens with zero attached hydrogens (tertiary/aromatic N) is 2. The van der Waals surface area contributed by atoms with Gasteiger partial charge in [-0.3, -0.25) is 10.1 Å². The molecule has 0 bridgehead atoms. The Kier molecular flexibility index (Phi) is 5.10. The van der Waals surface area contributed by atoms with E-state index in [0.717, 1.165) is 42.9 Å². The first-order valence-electron chi connectivity index (χ1n) is 9.37. The van der Waals surface area contributed by atoms with Crippen LogP contribution in [0.25, 0.3) is 10.9 Å². The molecule has 3 aromatic rings. The third-order valence-corrected chi connectivity index (χ3v) is 5.15. The lowest BCUT2D eigenvalue weighted by Crippen LogP contribution is -2.38. The maximum absolute atomic E-state index is 12.1. The summed E-state index contributed by atoms with van der Waals surface area (Å²) in [7, 11) is 3.24. The van der Waals surface area contributed by atoms with Crippen LogP contribution in [0, 0.1) is 0 Å². The fourth-order valence-corrected chi connectivity index (χ4v) is 3.62. The third kappa shape index (κ3) is 3.63. The Hall–Kier alpha value is -3.15. The number of rotatable bonds is 5. The largest absolute Gasteiger partial charge is 0.493 e. The number of anilines is 1. The summed E-state index contributed by atoms with van der Waals surface area (Å²) >= 11 is 0. The first-order valence-corrected chi connectivity index (χ1v) is 9.37. The number of benzene rings is 2. The fourth-order valence-electron chi connectivity index (χ4n) is 3.62.